The van der Waals surface area contributed by atoms with E-state index in [0.717, 1.165) is 41.8 Å². The van der Waals surface area contributed by atoms with Crippen LogP contribution >= 0.6 is 0 Å². The first kappa shape index (κ1) is 12.4. The van der Waals surface area contributed by atoms with Crippen molar-refractivity contribution in [2.75, 3.05) is 0 Å². The Kier molecular flexibility index (Phi) is 3.81. The van der Waals surface area contributed by atoms with Crippen molar-refractivity contribution in [3.8, 4) is 0 Å². The van der Waals surface area contributed by atoms with Crippen LogP contribution in [0, 0.1) is 0 Å². The molecular weight excluding hydrogens is 232 g/mol. The van der Waals surface area contributed by atoms with Gasteiger partial charge in [0.15, 0.2) is 0 Å². The number of hydrogen-bond donors (Lipinski definition) is 0. The molecule has 0 unspecified atom stereocenters. The van der Waals surface area contributed by atoms with E-state index < -0.39 is 0 Å². The lowest BCUT2D eigenvalue weighted by atomic mass is 10.1. The lowest BCUT2D eigenvalue weighted by Gasteiger charge is -2.04. The topological polar surface area (TPSA) is 78.5 Å². The zero-order valence-corrected chi connectivity index (χ0v) is 10.6. The summed E-state index contributed by atoms with van der Waals surface area (Å²) in [5.74, 6) is 0. The largest absolute Gasteiger partial charge is 0.372 e. The zero-order valence-electron chi connectivity index (χ0n) is 10.6. The van der Waals surface area contributed by atoms with E-state index in [1.54, 1.807) is 0 Å². The van der Waals surface area contributed by atoms with Gasteiger partial charge in [0.2, 0.25) is 0 Å². The molecule has 0 saturated heterocycles. The summed E-state index contributed by atoms with van der Waals surface area (Å²) < 4.78 is 2.48. The predicted octanol–water partition coefficient (Wildman–Crippen LogP) is 1.29. The maximum Gasteiger partial charge on any atom is 0.372 e. The fraction of sp³-hybridized carbons (Fsp3) is 0.545. The molecule has 7 nitrogen and oxygen atoms in total. The molecule has 0 aliphatic heterocycles. The SMILES string of the molecule is CCCc1nnn(C(=O)n2ccnn2)c1CCC. The molecule has 0 aliphatic carbocycles. The van der Waals surface area contributed by atoms with Crippen molar-refractivity contribution >= 4 is 6.03 Å². The van der Waals surface area contributed by atoms with Crippen LogP contribution in [0.1, 0.15) is 38.1 Å². The van der Waals surface area contributed by atoms with Crippen molar-refractivity contribution in [1.82, 2.24) is 30.0 Å². The number of carbonyl (C=O) groups is 1. The first-order valence-electron chi connectivity index (χ1n) is 6.12. The molecule has 18 heavy (non-hydrogen) atoms. The van der Waals surface area contributed by atoms with Gasteiger partial charge in [0.1, 0.15) is 0 Å². The minimum absolute atomic E-state index is 0.342. The van der Waals surface area contributed by atoms with E-state index in [4.69, 9.17) is 0 Å². The van der Waals surface area contributed by atoms with Crippen molar-refractivity contribution in [3.05, 3.63) is 23.8 Å². The Labute approximate surface area is 105 Å². The highest BCUT2D eigenvalue weighted by Gasteiger charge is 2.18. The molecule has 0 aromatic carbocycles. The maximum atomic E-state index is 12.1. The van der Waals surface area contributed by atoms with Crippen LogP contribution in [0.25, 0.3) is 0 Å². The van der Waals surface area contributed by atoms with Crippen LogP contribution in [-0.4, -0.2) is 36.0 Å². The van der Waals surface area contributed by atoms with Gasteiger partial charge in [0, 0.05) is 0 Å². The fourth-order valence-corrected chi connectivity index (χ4v) is 1.81. The molecule has 2 aromatic heterocycles. The highest BCUT2D eigenvalue weighted by atomic mass is 16.2. The van der Waals surface area contributed by atoms with E-state index in [1.165, 1.54) is 17.1 Å². The van der Waals surface area contributed by atoms with Crippen molar-refractivity contribution in [1.29, 1.82) is 0 Å². The summed E-state index contributed by atoms with van der Waals surface area (Å²) in [5.41, 5.74) is 1.77. The summed E-state index contributed by atoms with van der Waals surface area (Å²) in [5, 5.41) is 15.3. The number of nitrogens with zero attached hydrogens (tertiary/aromatic N) is 6. The van der Waals surface area contributed by atoms with Gasteiger partial charge in [-0.05, 0) is 12.8 Å². The number of hydrogen-bond acceptors (Lipinski definition) is 5. The Bertz CT molecular complexity index is 516. The highest BCUT2D eigenvalue weighted by Crippen LogP contribution is 2.11. The monoisotopic (exact) mass is 248 g/mol. The van der Waals surface area contributed by atoms with Crippen LogP contribution in [0.15, 0.2) is 12.4 Å². The van der Waals surface area contributed by atoms with Crippen molar-refractivity contribution in [2.24, 2.45) is 0 Å². The Morgan fingerprint density at radius 1 is 1.22 bits per heavy atom. The second-order valence-corrected chi connectivity index (χ2v) is 4.02. The summed E-state index contributed by atoms with van der Waals surface area (Å²) in [7, 11) is 0. The van der Waals surface area contributed by atoms with E-state index in [2.05, 4.69) is 34.5 Å². The molecule has 7 heteroatoms. The first-order valence-corrected chi connectivity index (χ1v) is 6.12. The van der Waals surface area contributed by atoms with Gasteiger partial charge in [-0.25, -0.2) is 4.79 Å². The van der Waals surface area contributed by atoms with Gasteiger partial charge in [-0.3, -0.25) is 0 Å². The smallest absolute Gasteiger partial charge is 0.243 e. The van der Waals surface area contributed by atoms with E-state index in [0.29, 0.717) is 0 Å². The van der Waals surface area contributed by atoms with Gasteiger partial charge in [0.25, 0.3) is 0 Å². The minimum Gasteiger partial charge on any atom is -0.243 e. The molecule has 2 aromatic rings. The van der Waals surface area contributed by atoms with E-state index in [1.807, 2.05) is 0 Å². The van der Waals surface area contributed by atoms with Crippen LogP contribution in [-0.2, 0) is 12.8 Å². The van der Waals surface area contributed by atoms with Gasteiger partial charge < -0.3 is 0 Å². The molecule has 0 N–H and O–H groups in total. The summed E-state index contributed by atoms with van der Waals surface area (Å²) in [6, 6.07) is -0.342. The Hall–Kier alpha value is -2.05. The van der Waals surface area contributed by atoms with E-state index in [9.17, 15) is 4.79 Å². The summed E-state index contributed by atoms with van der Waals surface area (Å²) in [6.07, 6.45) is 6.49. The third-order valence-electron chi connectivity index (χ3n) is 2.62. The summed E-state index contributed by atoms with van der Waals surface area (Å²) >= 11 is 0. The molecule has 2 rings (SSSR count). The van der Waals surface area contributed by atoms with Gasteiger partial charge >= 0.3 is 6.03 Å². The Morgan fingerprint density at radius 3 is 2.61 bits per heavy atom. The molecule has 0 atom stereocenters. The molecule has 0 fully saturated rings. The quantitative estimate of drug-likeness (QED) is 0.814. The van der Waals surface area contributed by atoms with Gasteiger partial charge in [0.05, 0.1) is 23.8 Å². The van der Waals surface area contributed by atoms with Gasteiger partial charge in [-0.15, -0.1) is 10.2 Å². The Balaban J connectivity index is 2.35. The van der Waals surface area contributed by atoms with Crippen molar-refractivity contribution < 1.29 is 4.79 Å². The number of carbonyl (C=O) groups excluding carboxylic acids is 1. The second kappa shape index (κ2) is 5.52. The lowest BCUT2D eigenvalue weighted by Crippen LogP contribution is -2.23. The Morgan fingerprint density at radius 2 is 2.00 bits per heavy atom. The second-order valence-electron chi connectivity index (χ2n) is 4.02. The van der Waals surface area contributed by atoms with Crippen LogP contribution in [0.3, 0.4) is 0 Å². The molecule has 0 bridgehead atoms. The molecule has 0 aliphatic rings. The molecule has 0 amide bonds. The predicted molar refractivity (Wildman–Crippen MR) is 64.2 cm³/mol. The highest BCUT2D eigenvalue weighted by molar-refractivity contribution is 5.77. The molecular formula is C11H16N6O. The minimum atomic E-state index is -0.342. The van der Waals surface area contributed by atoms with E-state index >= 15 is 0 Å². The van der Waals surface area contributed by atoms with Gasteiger partial charge in [-0.1, -0.05) is 37.1 Å². The molecule has 0 spiro atoms. The lowest BCUT2D eigenvalue weighted by molar-refractivity contribution is 0.236. The van der Waals surface area contributed by atoms with Crippen LogP contribution in [0.2, 0.25) is 0 Å². The van der Waals surface area contributed by atoms with Crippen molar-refractivity contribution in [2.45, 2.75) is 39.5 Å². The number of aromatic nitrogens is 6. The summed E-state index contributed by atoms with van der Waals surface area (Å²) in [6.45, 7) is 4.14. The maximum absolute atomic E-state index is 12.1. The van der Waals surface area contributed by atoms with Crippen LogP contribution < -0.4 is 0 Å². The molecule has 0 radical (unpaired) electrons. The average molecular weight is 248 g/mol. The normalized spacial score (nSPS) is 10.8. The number of aryl methyl sites for hydroxylation is 1. The summed E-state index contributed by atoms with van der Waals surface area (Å²) in [4.78, 5) is 12.1. The van der Waals surface area contributed by atoms with Crippen LogP contribution in [0.5, 0.6) is 0 Å². The third-order valence-corrected chi connectivity index (χ3v) is 2.62. The van der Waals surface area contributed by atoms with Crippen molar-refractivity contribution in [3.63, 3.8) is 0 Å². The van der Waals surface area contributed by atoms with E-state index in [-0.39, 0.29) is 6.03 Å². The van der Waals surface area contributed by atoms with Gasteiger partial charge in [-0.2, -0.15) is 9.36 Å². The number of rotatable bonds is 4. The van der Waals surface area contributed by atoms with Crippen LogP contribution in [0.4, 0.5) is 4.79 Å². The standard InChI is InChI=1S/C11H16N6O/c1-3-5-9-10(6-4-2)17(15-13-9)11(18)16-8-7-12-14-16/h7-8H,3-6H2,1-2H3. The third kappa shape index (κ3) is 2.29. The molecule has 2 heterocycles. The molecule has 0 saturated carbocycles. The first-order chi connectivity index (χ1) is 8.77. The molecule has 96 valence electrons. The zero-order chi connectivity index (χ0) is 13.0. The fourth-order valence-electron chi connectivity index (χ4n) is 1.81. The average Bonchev–Trinajstić information content (AvgIpc) is 3.00.